The Kier molecular flexibility index (Phi) is 13.2. The van der Waals surface area contributed by atoms with Crippen molar-refractivity contribution < 1.29 is 28.6 Å². The number of ether oxygens (including phenoxy) is 2. The van der Waals surface area contributed by atoms with Crippen molar-refractivity contribution in [2.45, 2.75) is 85.2 Å². The van der Waals surface area contributed by atoms with Crippen molar-refractivity contribution in [1.29, 1.82) is 0 Å². The smallest absolute Gasteiger partial charge is 0.410 e. The minimum absolute atomic E-state index is 0.0214. The van der Waals surface area contributed by atoms with Gasteiger partial charge >= 0.3 is 12.1 Å². The average molecular weight is 813 g/mol. The van der Waals surface area contributed by atoms with E-state index in [2.05, 4.69) is 68.2 Å². The first-order valence-corrected chi connectivity index (χ1v) is 21.2. The van der Waals surface area contributed by atoms with Crippen molar-refractivity contribution in [3.8, 4) is 22.5 Å². The molecule has 3 saturated heterocycles. The van der Waals surface area contributed by atoms with E-state index in [-0.39, 0.29) is 30.7 Å². The first kappa shape index (κ1) is 42.5. The van der Waals surface area contributed by atoms with Crippen LogP contribution >= 0.6 is 0 Å². The van der Waals surface area contributed by atoms with Crippen LogP contribution in [0.1, 0.15) is 65.0 Å². The number of aliphatic hydroxyl groups excluding tert-OH is 1. The van der Waals surface area contributed by atoms with Gasteiger partial charge in [0.2, 0.25) is 0 Å². The number of rotatable bonds is 11. The number of aliphatic hydroxyl groups is 1. The molecule has 0 aliphatic carbocycles. The zero-order valence-electron chi connectivity index (χ0n) is 35.5. The summed E-state index contributed by atoms with van der Waals surface area (Å²) in [6.45, 7) is 20.2. The topological polar surface area (TPSA) is 139 Å². The number of piperidine rings is 1. The lowest BCUT2D eigenvalue weighted by molar-refractivity contribution is -0.0186. The summed E-state index contributed by atoms with van der Waals surface area (Å²) in [6.07, 6.45) is 3.35. The molecule has 14 heteroatoms. The molecule has 318 valence electrons. The normalized spacial score (nSPS) is 19.9. The second-order valence-corrected chi connectivity index (χ2v) is 17.9. The Hall–Kier alpha value is -4.63. The third-order valence-corrected chi connectivity index (χ3v) is 11.8. The van der Waals surface area contributed by atoms with Gasteiger partial charge < -0.3 is 34.7 Å². The average Bonchev–Trinajstić information content (AvgIpc) is 3.80. The molecule has 2 aromatic carbocycles. The van der Waals surface area contributed by atoms with Crippen LogP contribution in [0.4, 0.5) is 19.7 Å². The zero-order valence-corrected chi connectivity index (χ0v) is 35.5. The number of piperazine rings is 1. The molecule has 0 bridgehead atoms. The number of nitrogens with zero attached hydrogens (tertiary/aromatic N) is 6. The highest BCUT2D eigenvalue weighted by Crippen LogP contribution is 2.35. The maximum atomic E-state index is 15.2. The van der Waals surface area contributed by atoms with Gasteiger partial charge in [-0.2, -0.15) is 0 Å². The van der Waals surface area contributed by atoms with Crippen LogP contribution in [0.2, 0.25) is 0 Å². The lowest BCUT2D eigenvalue weighted by Gasteiger charge is -2.36. The van der Waals surface area contributed by atoms with E-state index in [1.54, 1.807) is 9.80 Å². The number of aromatic amines is 1. The van der Waals surface area contributed by atoms with E-state index in [1.807, 2.05) is 33.8 Å². The SMILES string of the molecule is Cc1c(NC(=O)N2C[C@H](CC(C)C)[C@@H](O)C2)cc(F)cc1-c1ncnc2[nH]c(-c3ccc(CN4CCN(CCOC5CCN(C(=O)OC(C)(C)C)CC5)CC4)cc3)cc12. The molecule has 0 radical (unpaired) electrons. The predicted octanol–water partition coefficient (Wildman–Crippen LogP) is 7.14. The van der Waals surface area contributed by atoms with E-state index in [1.165, 1.54) is 24.0 Å². The van der Waals surface area contributed by atoms with Crippen LogP contribution in [0, 0.1) is 24.6 Å². The monoisotopic (exact) mass is 812 g/mol. The maximum Gasteiger partial charge on any atom is 0.410 e. The van der Waals surface area contributed by atoms with Crippen LogP contribution in [0.3, 0.4) is 0 Å². The van der Waals surface area contributed by atoms with Crippen LogP contribution < -0.4 is 5.32 Å². The Morgan fingerprint density at radius 3 is 2.37 bits per heavy atom. The molecule has 59 heavy (non-hydrogen) atoms. The molecule has 3 aliphatic heterocycles. The summed E-state index contributed by atoms with van der Waals surface area (Å²) in [5.74, 6) is -0.0527. The number of benzene rings is 2. The third kappa shape index (κ3) is 10.8. The number of urea groups is 1. The van der Waals surface area contributed by atoms with Crippen molar-refractivity contribution in [1.82, 2.24) is 34.6 Å². The second-order valence-electron chi connectivity index (χ2n) is 17.9. The van der Waals surface area contributed by atoms with Gasteiger partial charge in [0, 0.05) is 93.7 Å². The summed E-state index contributed by atoms with van der Waals surface area (Å²) >= 11 is 0. The number of H-pyrrole nitrogens is 1. The van der Waals surface area contributed by atoms with Crippen molar-refractivity contribution in [3.05, 3.63) is 65.7 Å². The van der Waals surface area contributed by atoms with Gasteiger partial charge in [-0.05, 0) is 87.8 Å². The summed E-state index contributed by atoms with van der Waals surface area (Å²) in [5.41, 5.74) is 5.47. The number of nitrogens with one attached hydrogen (secondary N) is 2. The van der Waals surface area contributed by atoms with E-state index < -0.39 is 17.5 Å². The predicted molar refractivity (Wildman–Crippen MR) is 227 cm³/mol. The van der Waals surface area contributed by atoms with Crippen LogP contribution in [-0.2, 0) is 16.0 Å². The van der Waals surface area contributed by atoms with E-state index in [0.717, 1.165) is 75.2 Å². The molecule has 13 nitrogen and oxygen atoms in total. The van der Waals surface area contributed by atoms with Crippen molar-refractivity contribution in [2.24, 2.45) is 11.8 Å². The summed E-state index contributed by atoms with van der Waals surface area (Å²) < 4.78 is 26.9. The largest absolute Gasteiger partial charge is 0.444 e. The summed E-state index contributed by atoms with van der Waals surface area (Å²) in [7, 11) is 0. The van der Waals surface area contributed by atoms with Gasteiger partial charge in [-0.15, -0.1) is 0 Å². The van der Waals surface area contributed by atoms with Gasteiger partial charge in [0.25, 0.3) is 0 Å². The number of carbonyl (C=O) groups is 2. The maximum absolute atomic E-state index is 15.2. The first-order valence-electron chi connectivity index (χ1n) is 21.2. The Balaban J connectivity index is 0.907. The number of hydrogen-bond acceptors (Lipinski definition) is 9. The summed E-state index contributed by atoms with van der Waals surface area (Å²) in [5, 5.41) is 14.2. The summed E-state index contributed by atoms with van der Waals surface area (Å²) in [4.78, 5) is 46.5. The van der Waals surface area contributed by atoms with Gasteiger partial charge in [-0.1, -0.05) is 38.1 Å². The minimum Gasteiger partial charge on any atom is -0.444 e. The standard InChI is InChI=1S/C45H61FN8O5/c1-29(2)21-33-26-54(27-40(33)55)43(56)50-38-23-34(46)22-36(30(38)3)41-37-24-39(49-42(37)48-28-47-41)32-9-7-31(8-10-32)25-52-17-15-51(16-18-52)19-20-58-35-11-13-53(14-12-35)44(57)59-45(4,5)6/h7-10,22-24,28-29,33,35,40,55H,11-21,25-27H2,1-6H3,(H,50,56)(H,47,48,49)/t33-,40-/m0/s1. The van der Waals surface area contributed by atoms with Crippen LogP contribution in [0.5, 0.6) is 0 Å². The van der Waals surface area contributed by atoms with Gasteiger partial charge in [-0.3, -0.25) is 9.80 Å². The number of carbonyl (C=O) groups excluding carboxylic acids is 2. The molecule has 0 spiro atoms. The van der Waals surface area contributed by atoms with Gasteiger partial charge in [-0.25, -0.2) is 23.9 Å². The van der Waals surface area contributed by atoms with E-state index in [0.29, 0.717) is 60.3 Å². The van der Waals surface area contributed by atoms with Crippen molar-refractivity contribution in [3.63, 3.8) is 0 Å². The van der Waals surface area contributed by atoms with Gasteiger partial charge in [0.15, 0.2) is 0 Å². The molecular formula is C45H61FN8O5. The number of halogens is 1. The molecule has 0 saturated carbocycles. The highest BCUT2D eigenvalue weighted by atomic mass is 19.1. The Labute approximate surface area is 347 Å². The molecule has 3 N–H and O–H groups in total. The minimum atomic E-state index is -0.574. The van der Waals surface area contributed by atoms with E-state index in [4.69, 9.17) is 9.47 Å². The van der Waals surface area contributed by atoms with Crippen LogP contribution in [-0.4, -0.2) is 135 Å². The lowest BCUT2D eigenvalue weighted by atomic mass is 9.95. The molecule has 2 atom stereocenters. The van der Waals surface area contributed by atoms with E-state index in [9.17, 15) is 14.7 Å². The molecule has 2 aromatic heterocycles. The molecule has 7 rings (SSSR count). The zero-order chi connectivity index (χ0) is 41.8. The fourth-order valence-corrected chi connectivity index (χ4v) is 8.52. The Morgan fingerprint density at radius 1 is 0.966 bits per heavy atom. The fourth-order valence-electron chi connectivity index (χ4n) is 8.52. The Morgan fingerprint density at radius 2 is 1.68 bits per heavy atom. The highest BCUT2D eigenvalue weighted by Gasteiger charge is 2.35. The van der Waals surface area contributed by atoms with Crippen LogP contribution in [0.15, 0.2) is 48.8 Å². The summed E-state index contributed by atoms with van der Waals surface area (Å²) in [6, 6.07) is 13.0. The Bertz CT molecular complexity index is 2070. The molecule has 4 aromatic rings. The number of anilines is 1. The van der Waals surface area contributed by atoms with Gasteiger partial charge in [0.05, 0.1) is 24.5 Å². The molecule has 3 fully saturated rings. The second kappa shape index (κ2) is 18.3. The third-order valence-electron chi connectivity index (χ3n) is 11.8. The number of hydrogen-bond donors (Lipinski definition) is 3. The number of fused-ring (bicyclic) bond motifs is 1. The van der Waals surface area contributed by atoms with E-state index >= 15 is 4.39 Å². The van der Waals surface area contributed by atoms with Crippen LogP contribution in [0.25, 0.3) is 33.5 Å². The van der Waals surface area contributed by atoms with Crippen molar-refractivity contribution in [2.75, 3.05) is 70.8 Å². The molecule has 0 unspecified atom stereocenters. The lowest BCUT2D eigenvalue weighted by Crippen LogP contribution is -2.47. The number of aromatic nitrogens is 3. The number of β-amino-alcohol motifs (C(OH)–C–C–N with tert-alkyl or cyclic N) is 1. The number of likely N-dealkylation sites (tertiary alicyclic amines) is 2. The highest BCUT2D eigenvalue weighted by molar-refractivity contribution is 5.97. The molecular weight excluding hydrogens is 752 g/mol. The van der Waals surface area contributed by atoms with Crippen molar-refractivity contribution >= 4 is 28.8 Å². The molecule has 5 heterocycles. The molecule has 3 amide bonds. The fraction of sp³-hybridized carbons (Fsp3) is 0.556. The quantitative estimate of drug-likeness (QED) is 0.144. The van der Waals surface area contributed by atoms with Gasteiger partial charge in [0.1, 0.15) is 23.4 Å². The molecule has 3 aliphatic rings. The first-order chi connectivity index (χ1) is 28.2. The number of amides is 3.